The van der Waals surface area contributed by atoms with E-state index >= 15 is 0 Å². The van der Waals surface area contributed by atoms with Gasteiger partial charge in [-0.05, 0) is 31.2 Å². The standard InChI is InChI=1S/C15H22N4O3S/c1-10(13-17-14(18-22-13)15(2,3)4)16-11-6-8-12(9-7-11)19-23(5,20)21/h6-10,16,19H,1-5H3/t10-/m0/s1. The van der Waals surface area contributed by atoms with Gasteiger partial charge in [0.25, 0.3) is 0 Å². The maximum absolute atomic E-state index is 11.2. The number of anilines is 2. The van der Waals surface area contributed by atoms with Crippen molar-refractivity contribution >= 4 is 21.4 Å². The van der Waals surface area contributed by atoms with Crippen LogP contribution in [0.1, 0.15) is 45.5 Å². The molecular formula is C15H22N4O3S. The summed E-state index contributed by atoms with van der Waals surface area (Å²) in [5.41, 5.74) is 1.17. The largest absolute Gasteiger partial charge is 0.374 e. The summed E-state index contributed by atoms with van der Waals surface area (Å²) in [4.78, 5) is 4.41. The summed E-state index contributed by atoms with van der Waals surface area (Å²) in [6.45, 7) is 7.98. The van der Waals surface area contributed by atoms with E-state index in [0.717, 1.165) is 11.9 Å². The van der Waals surface area contributed by atoms with Crippen LogP contribution < -0.4 is 10.0 Å². The third kappa shape index (κ3) is 4.95. The molecule has 126 valence electrons. The Hall–Kier alpha value is -2.09. The first-order valence-electron chi connectivity index (χ1n) is 7.23. The number of rotatable bonds is 5. The third-order valence-electron chi connectivity index (χ3n) is 3.05. The third-order valence-corrected chi connectivity index (χ3v) is 3.66. The fraction of sp³-hybridized carbons (Fsp3) is 0.467. The zero-order valence-corrected chi connectivity index (χ0v) is 14.7. The van der Waals surface area contributed by atoms with Crippen LogP contribution in [0.2, 0.25) is 0 Å². The summed E-state index contributed by atoms with van der Waals surface area (Å²) in [7, 11) is -3.27. The van der Waals surface area contributed by atoms with Crippen molar-refractivity contribution < 1.29 is 12.9 Å². The Balaban J connectivity index is 2.05. The summed E-state index contributed by atoms with van der Waals surface area (Å²) in [5.74, 6) is 1.17. The molecule has 0 saturated heterocycles. The van der Waals surface area contributed by atoms with E-state index in [1.807, 2.05) is 27.7 Å². The van der Waals surface area contributed by atoms with E-state index in [4.69, 9.17) is 4.52 Å². The summed E-state index contributed by atoms with van der Waals surface area (Å²) in [5, 5.41) is 7.24. The molecule has 0 spiro atoms. The molecule has 0 amide bonds. The molecule has 0 aliphatic carbocycles. The van der Waals surface area contributed by atoms with Crippen LogP contribution in [0.15, 0.2) is 28.8 Å². The Morgan fingerprint density at radius 3 is 2.17 bits per heavy atom. The first-order valence-corrected chi connectivity index (χ1v) is 9.12. The number of nitrogens with one attached hydrogen (secondary N) is 2. The van der Waals surface area contributed by atoms with E-state index in [9.17, 15) is 8.42 Å². The molecule has 2 N–H and O–H groups in total. The molecule has 1 aromatic heterocycles. The quantitative estimate of drug-likeness (QED) is 0.870. The number of benzene rings is 1. The van der Waals surface area contributed by atoms with Crippen LogP contribution in [-0.4, -0.2) is 24.8 Å². The van der Waals surface area contributed by atoms with Crippen molar-refractivity contribution in [2.45, 2.75) is 39.2 Å². The average Bonchev–Trinajstić information content (AvgIpc) is 2.89. The minimum absolute atomic E-state index is 0.160. The average molecular weight is 338 g/mol. The van der Waals surface area contributed by atoms with Gasteiger partial charge in [-0.25, -0.2) is 8.42 Å². The van der Waals surface area contributed by atoms with Gasteiger partial charge in [0.1, 0.15) is 6.04 Å². The second-order valence-corrected chi connectivity index (χ2v) is 8.27. The highest BCUT2D eigenvalue weighted by atomic mass is 32.2. The van der Waals surface area contributed by atoms with Crippen molar-refractivity contribution in [1.82, 2.24) is 10.1 Å². The van der Waals surface area contributed by atoms with Crippen molar-refractivity contribution in [1.29, 1.82) is 0 Å². The molecule has 0 radical (unpaired) electrons. The second-order valence-electron chi connectivity index (χ2n) is 6.52. The summed E-state index contributed by atoms with van der Waals surface area (Å²) < 4.78 is 30.1. The highest BCUT2D eigenvalue weighted by molar-refractivity contribution is 7.92. The maximum atomic E-state index is 11.2. The molecule has 1 aromatic carbocycles. The van der Waals surface area contributed by atoms with Crippen LogP contribution in [0.4, 0.5) is 11.4 Å². The van der Waals surface area contributed by atoms with E-state index in [-0.39, 0.29) is 11.5 Å². The Labute approximate surface area is 136 Å². The van der Waals surface area contributed by atoms with Crippen LogP contribution in [-0.2, 0) is 15.4 Å². The van der Waals surface area contributed by atoms with Gasteiger partial charge >= 0.3 is 0 Å². The monoisotopic (exact) mass is 338 g/mol. The molecule has 0 saturated carbocycles. The van der Waals surface area contributed by atoms with E-state index in [1.54, 1.807) is 24.3 Å². The van der Waals surface area contributed by atoms with Crippen LogP contribution >= 0.6 is 0 Å². The molecule has 7 nitrogen and oxygen atoms in total. The smallest absolute Gasteiger partial charge is 0.248 e. The van der Waals surface area contributed by atoms with Gasteiger partial charge in [0.05, 0.1) is 6.26 Å². The molecule has 8 heteroatoms. The number of hydrogen-bond acceptors (Lipinski definition) is 6. The molecule has 0 aliphatic heterocycles. The van der Waals surface area contributed by atoms with Crippen molar-refractivity contribution in [2.24, 2.45) is 0 Å². The molecular weight excluding hydrogens is 316 g/mol. The van der Waals surface area contributed by atoms with Gasteiger partial charge in [0.15, 0.2) is 5.82 Å². The lowest BCUT2D eigenvalue weighted by molar-refractivity contribution is 0.354. The normalized spacial score (nSPS) is 13.6. The van der Waals surface area contributed by atoms with Gasteiger partial charge in [-0.2, -0.15) is 4.98 Å². The van der Waals surface area contributed by atoms with E-state index in [1.165, 1.54) is 0 Å². The Morgan fingerprint density at radius 1 is 1.13 bits per heavy atom. The number of sulfonamides is 1. The Kier molecular flexibility index (Phi) is 4.65. The highest BCUT2D eigenvalue weighted by Crippen LogP contribution is 2.23. The first-order chi connectivity index (χ1) is 10.5. The molecule has 0 unspecified atom stereocenters. The van der Waals surface area contributed by atoms with E-state index in [2.05, 4.69) is 20.2 Å². The molecule has 0 bridgehead atoms. The lowest BCUT2D eigenvalue weighted by Gasteiger charge is -2.13. The summed E-state index contributed by atoms with van der Waals surface area (Å²) in [6.07, 6.45) is 1.11. The predicted octanol–water partition coefficient (Wildman–Crippen LogP) is 2.91. The minimum atomic E-state index is -3.27. The minimum Gasteiger partial charge on any atom is -0.374 e. The van der Waals surface area contributed by atoms with Gasteiger partial charge in [-0.3, -0.25) is 4.72 Å². The van der Waals surface area contributed by atoms with Gasteiger partial charge in [0.2, 0.25) is 15.9 Å². The first kappa shape index (κ1) is 17.3. The second kappa shape index (κ2) is 6.19. The SMILES string of the molecule is C[C@H](Nc1ccc(NS(C)(=O)=O)cc1)c1nc(C(C)(C)C)no1. The predicted molar refractivity (Wildman–Crippen MR) is 89.9 cm³/mol. The topological polar surface area (TPSA) is 97.1 Å². The molecule has 1 atom stereocenters. The molecule has 23 heavy (non-hydrogen) atoms. The molecule has 2 aromatic rings. The van der Waals surface area contributed by atoms with Crippen LogP contribution in [0.5, 0.6) is 0 Å². The summed E-state index contributed by atoms with van der Waals surface area (Å²) in [6, 6.07) is 6.78. The van der Waals surface area contributed by atoms with Gasteiger partial charge in [-0.1, -0.05) is 25.9 Å². The van der Waals surface area contributed by atoms with E-state index < -0.39 is 10.0 Å². The van der Waals surface area contributed by atoms with Crippen molar-refractivity contribution in [3.05, 3.63) is 36.0 Å². The van der Waals surface area contributed by atoms with Crippen molar-refractivity contribution in [3.8, 4) is 0 Å². The van der Waals surface area contributed by atoms with Crippen molar-refractivity contribution in [2.75, 3.05) is 16.3 Å². The molecule has 2 rings (SSSR count). The van der Waals surface area contributed by atoms with Crippen LogP contribution in [0, 0.1) is 0 Å². The maximum Gasteiger partial charge on any atom is 0.248 e. The van der Waals surface area contributed by atoms with E-state index in [0.29, 0.717) is 17.4 Å². The zero-order valence-electron chi connectivity index (χ0n) is 13.9. The Bertz CT molecular complexity index is 761. The lowest BCUT2D eigenvalue weighted by atomic mass is 9.96. The fourth-order valence-electron chi connectivity index (χ4n) is 1.88. The molecule has 0 fully saturated rings. The van der Waals surface area contributed by atoms with Gasteiger partial charge in [-0.15, -0.1) is 0 Å². The van der Waals surface area contributed by atoms with Gasteiger partial charge in [0, 0.05) is 16.8 Å². The molecule has 0 aliphatic rings. The Morgan fingerprint density at radius 2 is 1.70 bits per heavy atom. The zero-order chi connectivity index (χ0) is 17.3. The van der Waals surface area contributed by atoms with Crippen molar-refractivity contribution in [3.63, 3.8) is 0 Å². The lowest BCUT2D eigenvalue weighted by Crippen LogP contribution is -2.14. The highest BCUT2D eigenvalue weighted by Gasteiger charge is 2.23. The number of aromatic nitrogens is 2. The van der Waals surface area contributed by atoms with Crippen LogP contribution in [0.3, 0.4) is 0 Å². The van der Waals surface area contributed by atoms with Gasteiger partial charge < -0.3 is 9.84 Å². The number of hydrogen-bond donors (Lipinski definition) is 2. The molecule has 1 heterocycles. The number of nitrogens with zero attached hydrogens (tertiary/aromatic N) is 2. The van der Waals surface area contributed by atoms with Crippen LogP contribution in [0.25, 0.3) is 0 Å². The summed E-state index contributed by atoms with van der Waals surface area (Å²) >= 11 is 0. The fourth-order valence-corrected chi connectivity index (χ4v) is 2.44.